The molecule has 3 amide bonds. The van der Waals surface area contributed by atoms with Gasteiger partial charge in [0.15, 0.2) is 0 Å². The van der Waals surface area contributed by atoms with Crippen LogP contribution in [-0.2, 0) is 25.4 Å². The molecule has 0 saturated heterocycles. The Bertz CT molecular complexity index is 1900. The van der Waals surface area contributed by atoms with Crippen molar-refractivity contribution in [3.8, 4) is 22.4 Å². The van der Waals surface area contributed by atoms with Crippen LogP contribution in [0, 0.1) is 5.95 Å². The Morgan fingerprint density at radius 2 is 1.98 bits per heavy atom. The van der Waals surface area contributed by atoms with Gasteiger partial charge in [-0.3, -0.25) is 13.8 Å². The minimum Gasteiger partial charge on any atom is -0.453 e. The number of imidazole rings is 1. The Hall–Kier alpha value is -5.14. The number of nitrogens with one attached hydrogen (secondary N) is 3. The minimum atomic E-state index is -0.651. The summed E-state index contributed by atoms with van der Waals surface area (Å²) in [5.41, 5.74) is 9.73. The lowest BCUT2D eigenvalue weighted by atomic mass is 9.98. The number of pyridine rings is 1. The van der Waals surface area contributed by atoms with Crippen LogP contribution in [0.2, 0.25) is 0 Å². The molecule has 1 saturated carbocycles. The second-order valence-corrected chi connectivity index (χ2v) is 10.5. The topological polar surface area (TPSA) is 167 Å². The number of carbonyl (C=O) groups is 2. The number of H-pyrrole nitrogens is 1. The molecule has 13 nitrogen and oxygen atoms in total. The molecule has 0 bridgehead atoms. The van der Waals surface area contributed by atoms with Crippen molar-refractivity contribution in [1.29, 1.82) is 0 Å². The second-order valence-electron chi connectivity index (χ2n) is 10.5. The van der Waals surface area contributed by atoms with Crippen molar-refractivity contribution in [2.45, 2.75) is 37.9 Å². The van der Waals surface area contributed by atoms with Crippen LogP contribution in [0.15, 0.2) is 41.5 Å². The lowest BCUT2D eigenvalue weighted by Gasteiger charge is -2.15. The van der Waals surface area contributed by atoms with Gasteiger partial charge in [-0.05, 0) is 30.4 Å². The van der Waals surface area contributed by atoms with Gasteiger partial charge in [0.2, 0.25) is 5.95 Å². The summed E-state index contributed by atoms with van der Waals surface area (Å²) in [6.07, 6.45) is 4.61. The van der Waals surface area contributed by atoms with Crippen molar-refractivity contribution < 1.29 is 18.7 Å². The van der Waals surface area contributed by atoms with Crippen molar-refractivity contribution in [2.24, 2.45) is 19.8 Å². The molecule has 5 N–H and O–H groups in total. The zero-order valence-electron chi connectivity index (χ0n) is 23.3. The van der Waals surface area contributed by atoms with Gasteiger partial charge < -0.3 is 26.1 Å². The fraction of sp³-hybridized carbons (Fsp3) is 0.321. The molecular weight excluding hydrogens is 545 g/mol. The van der Waals surface area contributed by atoms with Crippen molar-refractivity contribution in [1.82, 2.24) is 39.5 Å². The van der Waals surface area contributed by atoms with Gasteiger partial charge >= 0.3 is 17.8 Å². The highest BCUT2D eigenvalue weighted by atomic mass is 19.1. The largest absolute Gasteiger partial charge is 0.453 e. The summed E-state index contributed by atoms with van der Waals surface area (Å²) in [6.45, 7) is 0.250. The highest BCUT2D eigenvalue weighted by Gasteiger charge is 2.32. The highest BCUT2D eigenvalue weighted by molar-refractivity contribution is 6.14. The number of carbonyl (C=O) groups excluding carboxylic acids is 2. The van der Waals surface area contributed by atoms with Crippen LogP contribution in [0.5, 0.6) is 0 Å². The van der Waals surface area contributed by atoms with E-state index in [0.717, 1.165) is 11.1 Å². The summed E-state index contributed by atoms with van der Waals surface area (Å²) in [5, 5.41) is 9.98. The standard InChI is InChI=1S/C28H30FN9O4/c1-36-13-18(24(29)35-36)22-20(15-6-4-14(5-7-15)11-32-26(30)39)21-23-19(12-31-25(21)34-22)37(2)28(41)38(23)17-9-8-16(10-17)33-27(40)42-3/h4-7,12-13,16-17H,8-11H2,1-3H3,(H,31,34)(H,33,40)(H3,30,32,39)/t16-,17-/m1/s1. The van der Waals surface area contributed by atoms with Crippen LogP contribution in [0.1, 0.15) is 30.9 Å². The normalized spacial score (nSPS) is 16.8. The van der Waals surface area contributed by atoms with Gasteiger partial charge in [-0.25, -0.2) is 19.4 Å². The van der Waals surface area contributed by atoms with Crippen LogP contribution < -0.4 is 22.1 Å². The molecule has 1 aromatic carbocycles. The number of methoxy groups -OCH3 is 1. The number of aromatic nitrogens is 6. The third kappa shape index (κ3) is 4.54. The van der Waals surface area contributed by atoms with Gasteiger partial charge in [0.05, 0.1) is 41.0 Å². The van der Waals surface area contributed by atoms with Gasteiger partial charge in [-0.2, -0.15) is 4.39 Å². The van der Waals surface area contributed by atoms with Crippen molar-refractivity contribution in [2.75, 3.05) is 7.11 Å². The fourth-order valence-electron chi connectivity index (χ4n) is 5.96. The molecule has 0 radical (unpaired) electrons. The Morgan fingerprint density at radius 1 is 1.21 bits per heavy atom. The maximum atomic E-state index is 15.1. The molecule has 14 heteroatoms. The van der Waals surface area contributed by atoms with Crippen LogP contribution >= 0.6 is 0 Å². The smallest absolute Gasteiger partial charge is 0.407 e. The summed E-state index contributed by atoms with van der Waals surface area (Å²) in [7, 11) is 4.65. The third-order valence-corrected chi connectivity index (χ3v) is 7.91. The molecule has 4 heterocycles. The molecule has 2 atom stereocenters. The monoisotopic (exact) mass is 575 g/mol. The van der Waals surface area contributed by atoms with Crippen molar-refractivity contribution >= 4 is 34.2 Å². The van der Waals surface area contributed by atoms with E-state index in [1.165, 1.54) is 11.8 Å². The molecule has 0 spiro atoms. The quantitative estimate of drug-likeness (QED) is 0.243. The Kier molecular flexibility index (Phi) is 6.67. The Morgan fingerprint density at radius 3 is 2.64 bits per heavy atom. The van der Waals surface area contributed by atoms with E-state index in [2.05, 4.69) is 25.7 Å². The number of halogens is 1. The Balaban J connectivity index is 1.58. The molecule has 0 aliphatic heterocycles. The number of primary amides is 1. The van der Waals surface area contributed by atoms with Crippen LogP contribution in [0.25, 0.3) is 44.5 Å². The highest BCUT2D eigenvalue weighted by Crippen LogP contribution is 2.43. The summed E-state index contributed by atoms with van der Waals surface area (Å²) in [4.78, 5) is 44.7. The lowest BCUT2D eigenvalue weighted by molar-refractivity contribution is 0.166. The van der Waals surface area contributed by atoms with E-state index in [0.29, 0.717) is 52.6 Å². The molecular formula is C28H30FN9O4. The van der Waals surface area contributed by atoms with E-state index in [-0.39, 0.29) is 29.9 Å². The molecule has 1 aliphatic carbocycles. The molecule has 6 rings (SSSR count). The van der Waals surface area contributed by atoms with Crippen LogP contribution in [0.3, 0.4) is 0 Å². The molecule has 4 aromatic heterocycles. The van der Waals surface area contributed by atoms with E-state index >= 15 is 4.39 Å². The molecule has 5 aromatic rings. The number of rotatable bonds is 6. The number of nitrogens with two attached hydrogens (primary N) is 1. The average molecular weight is 576 g/mol. The maximum Gasteiger partial charge on any atom is 0.407 e. The lowest BCUT2D eigenvalue weighted by Crippen LogP contribution is -2.33. The number of hydrogen-bond acceptors (Lipinski definition) is 6. The molecule has 1 fully saturated rings. The SMILES string of the molecule is COC(=O)N[C@@H]1CC[C@@H](n2c(=O)n(C)c3cnc4[nH]c(-c5cn(C)nc5F)c(-c5ccc(CNC(N)=O)cc5)c4c32)C1. The number of aryl methyl sites for hydroxylation is 2. The third-order valence-electron chi connectivity index (χ3n) is 7.91. The minimum absolute atomic E-state index is 0.144. The van der Waals surface area contributed by atoms with Crippen LogP contribution in [0.4, 0.5) is 14.0 Å². The summed E-state index contributed by atoms with van der Waals surface area (Å²) in [6, 6.07) is 6.46. The van der Waals surface area contributed by atoms with Gasteiger partial charge in [-0.1, -0.05) is 24.3 Å². The molecule has 1 aliphatic rings. The van der Waals surface area contributed by atoms with E-state index < -0.39 is 18.1 Å². The summed E-state index contributed by atoms with van der Waals surface area (Å²) in [5.74, 6) is -0.651. The van der Waals surface area contributed by atoms with Gasteiger partial charge in [-0.15, -0.1) is 5.10 Å². The zero-order chi connectivity index (χ0) is 29.7. The summed E-state index contributed by atoms with van der Waals surface area (Å²) < 4.78 is 24.6. The van der Waals surface area contributed by atoms with Crippen molar-refractivity contribution in [3.63, 3.8) is 0 Å². The first kappa shape index (κ1) is 27.1. The number of alkyl carbamates (subject to hydrolysis) is 1. The first-order valence-corrected chi connectivity index (χ1v) is 13.4. The number of urea groups is 1. The van der Waals surface area contributed by atoms with Gasteiger partial charge in [0, 0.05) is 44.5 Å². The number of ether oxygens (including phenoxy) is 1. The average Bonchev–Trinajstić information content (AvgIpc) is 3.72. The van der Waals surface area contributed by atoms with E-state index in [1.54, 1.807) is 35.6 Å². The zero-order valence-corrected chi connectivity index (χ0v) is 23.3. The van der Waals surface area contributed by atoms with E-state index in [1.807, 2.05) is 24.3 Å². The van der Waals surface area contributed by atoms with E-state index in [9.17, 15) is 14.4 Å². The number of amides is 3. The predicted molar refractivity (Wildman–Crippen MR) is 153 cm³/mol. The Labute approximate surface area is 238 Å². The number of hydrogen-bond donors (Lipinski definition) is 4. The number of aromatic amines is 1. The van der Waals surface area contributed by atoms with Crippen molar-refractivity contribution in [3.05, 3.63) is 58.7 Å². The predicted octanol–water partition coefficient (Wildman–Crippen LogP) is 3.04. The first-order valence-electron chi connectivity index (χ1n) is 13.4. The molecule has 0 unspecified atom stereocenters. The maximum absolute atomic E-state index is 15.1. The fourth-order valence-corrected chi connectivity index (χ4v) is 5.96. The van der Waals surface area contributed by atoms with Gasteiger partial charge in [0.25, 0.3) is 0 Å². The number of nitrogens with zero attached hydrogens (tertiary/aromatic N) is 5. The number of benzene rings is 1. The molecule has 218 valence electrons. The molecule has 42 heavy (non-hydrogen) atoms. The van der Waals surface area contributed by atoms with Crippen LogP contribution in [-0.4, -0.2) is 54.2 Å². The van der Waals surface area contributed by atoms with E-state index in [4.69, 9.17) is 10.5 Å². The number of fused-ring (bicyclic) bond motifs is 3. The second kappa shape index (κ2) is 10.4. The summed E-state index contributed by atoms with van der Waals surface area (Å²) >= 11 is 0. The van der Waals surface area contributed by atoms with Gasteiger partial charge in [0.1, 0.15) is 5.65 Å². The first-order chi connectivity index (χ1) is 20.2.